The van der Waals surface area contributed by atoms with E-state index in [4.69, 9.17) is 0 Å². The molecule has 4 aromatic rings. The van der Waals surface area contributed by atoms with Crippen LogP contribution in [0.2, 0.25) is 0 Å². The van der Waals surface area contributed by atoms with Crippen molar-refractivity contribution in [3.05, 3.63) is 117 Å². The summed E-state index contributed by atoms with van der Waals surface area (Å²) < 4.78 is 42.7. The molecule has 2 aromatic heterocycles. The number of fused-ring (bicyclic) bond motifs is 1. The van der Waals surface area contributed by atoms with Gasteiger partial charge in [0.05, 0.1) is 24.1 Å². The van der Waals surface area contributed by atoms with Gasteiger partial charge >= 0.3 is 0 Å². The molecule has 3 N–H and O–H groups in total. The average Bonchev–Trinajstić information content (AvgIpc) is 3.47. The molecule has 5 rings (SSSR count). The molecule has 3 heterocycles. The van der Waals surface area contributed by atoms with E-state index in [-0.39, 0.29) is 29.8 Å². The quantitative estimate of drug-likeness (QED) is 0.306. The fourth-order valence-electron chi connectivity index (χ4n) is 4.18. The number of halogens is 3. The predicted molar refractivity (Wildman–Crippen MR) is 142 cm³/mol. The first-order valence-electron chi connectivity index (χ1n) is 12.0. The Kier molecular flexibility index (Phi) is 7.15. The van der Waals surface area contributed by atoms with E-state index in [2.05, 4.69) is 25.6 Å². The molecule has 0 bridgehead atoms. The fourth-order valence-corrected chi connectivity index (χ4v) is 4.18. The van der Waals surface area contributed by atoms with Crippen molar-refractivity contribution in [2.45, 2.75) is 13.5 Å². The molecule has 1 aliphatic rings. The molecule has 0 radical (unpaired) electrons. The lowest BCUT2D eigenvalue weighted by atomic mass is 10.0. The summed E-state index contributed by atoms with van der Waals surface area (Å²) in [6, 6.07) is 6.10. The third kappa shape index (κ3) is 5.46. The van der Waals surface area contributed by atoms with Crippen LogP contribution in [0.3, 0.4) is 0 Å². The summed E-state index contributed by atoms with van der Waals surface area (Å²) >= 11 is 0. The molecule has 0 saturated heterocycles. The third-order valence-corrected chi connectivity index (χ3v) is 6.05. The lowest BCUT2D eigenvalue weighted by molar-refractivity contribution is -0.110. The Morgan fingerprint density at radius 3 is 2.65 bits per heavy atom. The van der Waals surface area contributed by atoms with Crippen molar-refractivity contribution in [3.63, 3.8) is 0 Å². The number of benzene rings is 2. The van der Waals surface area contributed by atoms with Crippen LogP contribution in [0, 0.1) is 24.4 Å². The van der Waals surface area contributed by atoms with Crippen LogP contribution in [0.5, 0.6) is 0 Å². The predicted octanol–water partition coefficient (Wildman–Crippen LogP) is 3.68. The highest BCUT2D eigenvalue weighted by Gasteiger charge is 2.28. The zero-order chi connectivity index (χ0) is 28.4. The minimum Gasteiger partial charge on any atom is -0.348 e. The summed E-state index contributed by atoms with van der Waals surface area (Å²) in [5.41, 5.74) is 1.25. The second-order valence-electron chi connectivity index (χ2n) is 8.99. The Hall–Kier alpha value is -5.26. The summed E-state index contributed by atoms with van der Waals surface area (Å²) in [4.78, 5) is 48.7. The van der Waals surface area contributed by atoms with E-state index in [1.54, 1.807) is 24.4 Å². The van der Waals surface area contributed by atoms with Crippen LogP contribution in [0.4, 0.5) is 18.9 Å². The van der Waals surface area contributed by atoms with Crippen molar-refractivity contribution >= 4 is 35.2 Å². The number of carbonyl (C=O) groups is 2. The molecule has 40 heavy (non-hydrogen) atoms. The van der Waals surface area contributed by atoms with Crippen LogP contribution in [0.1, 0.15) is 38.6 Å². The number of nitrogens with zero attached hydrogens (tertiary/aromatic N) is 3. The Morgan fingerprint density at radius 1 is 1.07 bits per heavy atom. The maximum atomic E-state index is 15.0. The molecule has 12 heteroatoms. The highest BCUT2D eigenvalue weighted by Crippen LogP contribution is 2.36. The van der Waals surface area contributed by atoms with E-state index < -0.39 is 34.8 Å². The first kappa shape index (κ1) is 26.4. The molecule has 0 saturated carbocycles. The molecule has 0 spiro atoms. The summed E-state index contributed by atoms with van der Waals surface area (Å²) in [5.74, 6) is -3.39. The van der Waals surface area contributed by atoms with Gasteiger partial charge in [-0.15, -0.1) is 0 Å². The second-order valence-corrected chi connectivity index (χ2v) is 8.99. The zero-order valence-electron chi connectivity index (χ0n) is 21.0. The molecule has 0 fully saturated rings. The SMILES string of the molecule is Cc1cnc(C=C2C(=O)Nc3cc(/C=C/CNC(=O)c4cncn(Cc5ccc(F)c(F)c5)c4=O)cc(F)c32)[nH]1. The summed E-state index contributed by atoms with van der Waals surface area (Å²) in [5, 5.41) is 5.20. The summed E-state index contributed by atoms with van der Waals surface area (Å²) in [7, 11) is 0. The monoisotopic (exact) mass is 546 g/mol. The summed E-state index contributed by atoms with van der Waals surface area (Å²) in [6.45, 7) is 1.71. The molecule has 2 amide bonds. The van der Waals surface area contributed by atoms with Crippen molar-refractivity contribution in [1.29, 1.82) is 0 Å². The van der Waals surface area contributed by atoms with Crippen LogP contribution in [0.25, 0.3) is 17.7 Å². The first-order chi connectivity index (χ1) is 19.2. The lowest BCUT2D eigenvalue weighted by Gasteiger charge is -2.08. The summed E-state index contributed by atoms with van der Waals surface area (Å²) in [6.07, 6.45) is 8.48. The second kappa shape index (κ2) is 10.8. The molecule has 0 atom stereocenters. The van der Waals surface area contributed by atoms with Gasteiger partial charge in [0, 0.05) is 30.2 Å². The Bertz CT molecular complexity index is 1770. The third-order valence-electron chi connectivity index (χ3n) is 6.05. The van der Waals surface area contributed by atoms with Crippen molar-refractivity contribution in [1.82, 2.24) is 24.8 Å². The van der Waals surface area contributed by atoms with Crippen LogP contribution in [-0.2, 0) is 11.3 Å². The number of carbonyl (C=O) groups excluding carboxylic acids is 2. The van der Waals surface area contributed by atoms with Gasteiger partial charge < -0.3 is 15.6 Å². The number of hydrogen-bond acceptors (Lipinski definition) is 5. The number of rotatable bonds is 7. The van der Waals surface area contributed by atoms with Crippen molar-refractivity contribution in [2.24, 2.45) is 0 Å². The zero-order valence-corrected chi connectivity index (χ0v) is 21.0. The van der Waals surface area contributed by atoms with Crippen molar-refractivity contribution < 1.29 is 22.8 Å². The van der Waals surface area contributed by atoms with Crippen LogP contribution in [0.15, 0.2) is 59.9 Å². The molecule has 9 nitrogen and oxygen atoms in total. The number of hydrogen-bond donors (Lipinski definition) is 3. The van der Waals surface area contributed by atoms with E-state index in [0.29, 0.717) is 22.6 Å². The van der Waals surface area contributed by atoms with E-state index >= 15 is 0 Å². The highest BCUT2D eigenvalue weighted by atomic mass is 19.2. The molecule has 1 aliphatic heterocycles. The van der Waals surface area contributed by atoms with Gasteiger partial charge in [-0.25, -0.2) is 23.1 Å². The normalized spacial score (nSPS) is 13.6. The largest absolute Gasteiger partial charge is 0.348 e. The lowest BCUT2D eigenvalue weighted by Crippen LogP contribution is -2.33. The van der Waals surface area contributed by atoms with E-state index in [1.165, 1.54) is 24.5 Å². The highest BCUT2D eigenvalue weighted by molar-refractivity contribution is 6.34. The number of amides is 2. The van der Waals surface area contributed by atoms with Gasteiger partial charge in [-0.05, 0) is 48.4 Å². The van der Waals surface area contributed by atoms with Crippen molar-refractivity contribution in [2.75, 3.05) is 11.9 Å². The molecule has 0 aliphatic carbocycles. The molecular weight excluding hydrogens is 525 g/mol. The topological polar surface area (TPSA) is 122 Å². The minimum absolute atomic E-state index is 0.00437. The first-order valence-corrected chi connectivity index (χ1v) is 12.0. The fraction of sp³-hybridized carbons (Fsp3) is 0.107. The maximum Gasteiger partial charge on any atom is 0.266 e. The molecule has 0 unspecified atom stereocenters. The van der Waals surface area contributed by atoms with Crippen LogP contribution < -0.4 is 16.2 Å². The average molecular weight is 547 g/mol. The Labute approximate surface area is 225 Å². The van der Waals surface area contributed by atoms with Crippen LogP contribution in [-0.4, -0.2) is 37.9 Å². The number of nitrogens with one attached hydrogen (secondary N) is 3. The van der Waals surface area contributed by atoms with Gasteiger partial charge in [-0.3, -0.25) is 19.0 Å². The standard InChI is InChI=1S/C28H21F3N6O3/c1-15-11-34-24(35-15)10-18-25-22(31)7-16(9-23(25)36-27(18)39)3-2-6-33-26(38)19-12-32-14-37(28(19)40)13-17-4-5-20(29)21(30)8-17/h2-5,7-12,14H,6,13H2,1H3,(H,33,38)(H,34,35)(H,36,39)/b3-2+,18-10?. The van der Waals surface area contributed by atoms with Gasteiger partial charge in [-0.1, -0.05) is 18.2 Å². The van der Waals surface area contributed by atoms with E-state index in [0.717, 1.165) is 28.6 Å². The van der Waals surface area contributed by atoms with Gasteiger partial charge in [-0.2, -0.15) is 0 Å². The number of imidazole rings is 1. The number of aromatic amines is 1. The molecule has 2 aromatic carbocycles. The van der Waals surface area contributed by atoms with E-state index in [9.17, 15) is 27.6 Å². The number of aromatic nitrogens is 4. The van der Waals surface area contributed by atoms with Gasteiger partial charge in [0.2, 0.25) is 0 Å². The maximum absolute atomic E-state index is 15.0. The van der Waals surface area contributed by atoms with Gasteiger partial charge in [0.25, 0.3) is 17.4 Å². The number of H-pyrrole nitrogens is 1. The van der Waals surface area contributed by atoms with E-state index in [1.807, 2.05) is 6.92 Å². The minimum atomic E-state index is -1.05. The molecular formula is C28H21F3N6O3. The Morgan fingerprint density at radius 2 is 1.90 bits per heavy atom. The van der Waals surface area contributed by atoms with Gasteiger partial charge in [0.1, 0.15) is 17.2 Å². The molecule has 202 valence electrons. The van der Waals surface area contributed by atoms with Crippen molar-refractivity contribution in [3.8, 4) is 0 Å². The van der Waals surface area contributed by atoms with Crippen LogP contribution >= 0.6 is 0 Å². The number of aryl methyl sites for hydroxylation is 1. The number of anilines is 1. The Balaban J connectivity index is 1.25. The van der Waals surface area contributed by atoms with Gasteiger partial charge in [0.15, 0.2) is 11.6 Å². The smallest absolute Gasteiger partial charge is 0.266 e.